The zero-order chi connectivity index (χ0) is 53.2. The summed E-state index contributed by atoms with van der Waals surface area (Å²) in [7, 11) is 0. The maximum absolute atomic E-state index is 3.29. The minimum atomic E-state index is -0.455. The molecule has 0 bridgehead atoms. The van der Waals surface area contributed by atoms with Crippen molar-refractivity contribution in [1.82, 2.24) is 0 Å². The molecule has 0 N–H and O–H groups in total. The molecule has 0 unspecified atom stereocenters. The van der Waals surface area contributed by atoms with Crippen molar-refractivity contribution in [3.8, 4) is 0 Å². The van der Waals surface area contributed by atoms with Gasteiger partial charge in [0.05, 0.1) is 0 Å². The summed E-state index contributed by atoms with van der Waals surface area (Å²) in [5.41, 5.74) is 14.9. The summed E-state index contributed by atoms with van der Waals surface area (Å²) in [5, 5.41) is 6.06. The molecular weight excluding hydrogens is 1170 g/mol. The molecule has 8 aromatic rings. The first-order valence-electron chi connectivity index (χ1n) is 25.9. The molecular formula is C72H64Cl2Si2Zr2-2. The van der Waals surface area contributed by atoms with Crippen molar-refractivity contribution in [2.45, 2.75) is 53.4 Å². The molecule has 0 nitrogen and oxygen atoms in total. The minimum absolute atomic E-state index is 0. The number of hydrogen-bond acceptors (Lipinski definition) is 0. The van der Waals surface area contributed by atoms with Gasteiger partial charge in [0.25, 0.3) is 0 Å². The first kappa shape index (κ1) is 63.3. The topological polar surface area (TPSA) is 0 Å². The molecule has 0 fully saturated rings. The van der Waals surface area contributed by atoms with Crippen LogP contribution in [-0.2, 0) is 46.7 Å². The van der Waals surface area contributed by atoms with E-state index in [2.05, 4.69) is 295 Å². The van der Waals surface area contributed by atoms with Crippen molar-refractivity contribution >= 4 is 53.9 Å². The molecule has 0 heterocycles. The Morgan fingerprint density at radius 1 is 0.256 bits per heavy atom. The molecule has 0 atom stereocenters. The molecule has 4 aliphatic carbocycles. The fourth-order valence-electron chi connectivity index (χ4n) is 8.50. The normalized spacial score (nSPS) is 13.2. The van der Waals surface area contributed by atoms with Gasteiger partial charge >= 0.3 is 200 Å². The van der Waals surface area contributed by atoms with Gasteiger partial charge in [0.1, 0.15) is 0 Å². The summed E-state index contributed by atoms with van der Waals surface area (Å²) in [6, 6.07) is 85.3. The Hall–Kier alpha value is -5.54. The summed E-state index contributed by atoms with van der Waals surface area (Å²) < 4.78 is 0. The van der Waals surface area contributed by atoms with Crippen LogP contribution in [0.4, 0.5) is 0 Å². The van der Waals surface area contributed by atoms with Gasteiger partial charge in [0.2, 0.25) is 0 Å². The average Bonchev–Trinajstić information content (AvgIpc) is 4.35. The van der Waals surface area contributed by atoms with Gasteiger partial charge in [-0.2, -0.15) is 0 Å². The second kappa shape index (κ2) is 35.2. The molecule has 4 aliphatic rings. The summed E-state index contributed by atoms with van der Waals surface area (Å²) in [6.45, 7) is 8.37. The fraction of sp³-hybridized carbons (Fsp3) is 0.111. The van der Waals surface area contributed by atoms with Crippen LogP contribution in [0.3, 0.4) is 0 Å². The van der Waals surface area contributed by atoms with Crippen molar-refractivity contribution in [3.63, 3.8) is 0 Å². The van der Waals surface area contributed by atoms with E-state index in [9.17, 15) is 0 Å². The van der Waals surface area contributed by atoms with Crippen LogP contribution in [0.1, 0.15) is 75.6 Å². The van der Waals surface area contributed by atoms with Crippen LogP contribution in [0.5, 0.6) is 0 Å². The summed E-state index contributed by atoms with van der Waals surface area (Å²) in [5.74, 6) is 0. The molecule has 0 radical (unpaired) electrons. The van der Waals surface area contributed by atoms with Crippen molar-refractivity contribution in [2.24, 2.45) is 0 Å². The molecule has 0 amide bonds. The molecule has 0 spiro atoms. The Balaban J connectivity index is 0.000000172. The first-order valence-corrected chi connectivity index (χ1v) is 36.3. The number of halogens is 2. The number of rotatable bonds is 8. The van der Waals surface area contributed by atoms with Gasteiger partial charge in [-0.05, 0) is 22.3 Å². The molecule has 0 saturated carbocycles. The predicted molar refractivity (Wildman–Crippen MR) is 322 cm³/mol. The maximum atomic E-state index is 3.29. The molecule has 0 aliphatic heterocycles. The van der Waals surface area contributed by atoms with Gasteiger partial charge in [-0.25, -0.2) is 46.6 Å². The molecule has 78 heavy (non-hydrogen) atoms. The van der Waals surface area contributed by atoms with E-state index < -0.39 is 10.9 Å². The van der Waals surface area contributed by atoms with E-state index in [1.807, 2.05) is 24.3 Å². The van der Waals surface area contributed by atoms with Crippen molar-refractivity contribution < 1.29 is 71.5 Å². The third-order valence-corrected chi connectivity index (χ3v) is 24.8. The predicted octanol–water partition coefficient (Wildman–Crippen LogP) is 9.58. The van der Waals surface area contributed by atoms with E-state index in [1.165, 1.54) is 87.6 Å². The second-order valence-electron chi connectivity index (χ2n) is 18.5. The zero-order valence-corrected chi connectivity index (χ0v) is 53.4. The summed E-state index contributed by atoms with van der Waals surface area (Å²) >= 11 is 3.29. The van der Waals surface area contributed by atoms with Gasteiger partial charge in [0, 0.05) is 0 Å². The average molecular weight is 1240 g/mol. The second-order valence-corrected chi connectivity index (χ2v) is 29.7. The van der Waals surface area contributed by atoms with Crippen LogP contribution in [0, 0.1) is 24.3 Å². The van der Waals surface area contributed by atoms with Crippen molar-refractivity contribution in [1.29, 1.82) is 0 Å². The van der Waals surface area contributed by atoms with Crippen LogP contribution in [0.25, 0.3) is 22.3 Å². The first-order chi connectivity index (χ1) is 37.2. The van der Waals surface area contributed by atoms with E-state index in [0.29, 0.717) is 0 Å². The zero-order valence-electron chi connectivity index (χ0n) is 45.0. The fourth-order valence-corrected chi connectivity index (χ4v) is 16.2. The van der Waals surface area contributed by atoms with E-state index in [4.69, 9.17) is 0 Å². The van der Waals surface area contributed by atoms with Gasteiger partial charge < -0.3 is 24.8 Å². The monoisotopic (exact) mass is 1230 g/mol. The van der Waals surface area contributed by atoms with Gasteiger partial charge in [0.15, 0.2) is 0 Å². The van der Waals surface area contributed by atoms with E-state index in [-0.39, 0.29) is 24.8 Å². The van der Waals surface area contributed by atoms with Gasteiger partial charge in [-0.15, -0.1) is 48.0 Å². The van der Waals surface area contributed by atoms with Crippen LogP contribution in [0.2, 0.25) is 0 Å². The Morgan fingerprint density at radius 3 is 0.551 bits per heavy atom. The number of hydrogen-bond donors (Lipinski definition) is 0. The Bertz CT molecular complexity index is 2910. The molecule has 6 heteroatoms. The molecule has 384 valence electrons. The SMILES string of the molecule is CC1=[C-]CC(c2ccccc2)=C1.CC1=[C-]CC(c2ccccc2)=C1.CC1=[C-]CC(c2ccccc2)=C1.CC1=[C-]CC(c2ccccc2)=C1.[Cl-].[Cl-].[Zr+2]=[Si](c1ccccc1)c1ccccc1.[Zr+2]=[Si](c1ccccc1)c1ccccc1. The summed E-state index contributed by atoms with van der Waals surface area (Å²) in [6.07, 6.45) is 25.9. The van der Waals surface area contributed by atoms with Crippen molar-refractivity contribution in [3.05, 3.63) is 336 Å². The quantitative estimate of drug-likeness (QED) is 0.105. The van der Waals surface area contributed by atoms with E-state index in [0.717, 1.165) is 25.7 Å². The summed E-state index contributed by atoms with van der Waals surface area (Å²) in [4.78, 5) is 0. The van der Waals surface area contributed by atoms with Crippen LogP contribution in [0.15, 0.2) is 289 Å². The Morgan fingerprint density at radius 2 is 0.410 bits per heavy atom. The van der Waals surface area contributed by atoms with E-state index >= 15 is 0 Å². The van der Waals surface area contributed by atoms with E-state index in [1.54, 1.807) is 46.7 Å². The third kappa shape index (κ3) is 21.3. The van der Waals surface area contributed by atoms with Gasteiger partial charge in [-0.3, -0.25) is 24.3 Å². The van der Waals surface area contributed by atoms with Crippen LogP contribution < -0.4 is 45.6 Å². The standard InChI is InChI=1S/2C12H10Si.4C12H11.2ClH.2Zr/c2*1-3-7-11(8-4-1)13-12-9-5-2-6-10-12;4*1-10-7-8-12(9-10)11-5-3-2-4-6-11;;;;/h2*1-10H;4*2-6,9H,8H2,1H3;2*1H;;/q;;4*-1;;;2*+2/p-2. The molecule has 12 rings (SSSR count). The number of allylic oxidation sites excluding steroid dienone is 16. The molecule has 8 aromatic carbocycles. The van der Waals surface area contributed by atoms with Crippen LogP contribution in [-0.4, -0.2) is 10.9 Å². The number of benzene rings is 8. The Labute approximate surface area is 509 Å². The van der Waals surface area contributed by atoms with Crippen LogP contribution >= 0.6 is 0 Å². The molecule has 0 saturated heterocycles. The molecule has 0 aromatic heterocycles. The van der Waals surface area contributed by atoms with Crippen molar-refractivity contribution in [2.75, 3.05) is 0 Å². The Kier molecular flexibility index (Phi) is 28.5. The third-order valence-electron chi connectivity index (χ3n) is 12.6. The van der Waals surface area contributed by atoms with Gasteiger partial charge in [-0.1, -0.05) is 149 Å².